The number of amides is 1. The number of aliphatic hydroxyl groups is 2. The number of hydrogen-bond acceptors (Lipinski definition) is 13. The Morgan fingerprint density at radius 3 is 2.54 bits per heavy atom. The quantitative estimate of drug-likeness (QED) is 0.0484. The normalized spacial score (nSPS) is 27.7. The number of non-ortho nitro benzene ring substituents is 1. The van der Waals surface area contributed by atoms with Crippen LogP contribution in [0.3, 0.4) is 0 Å². The number of allylic oxidation sites excluding steroid dienone is 1. The largest absolute Gasteiger partial charge is 0.492 e. The number of benzene rings is 2. The third-order valence-electron chi connectivity index (χ3n) is 12.3. The molecule has 15 heteroatoms. The van der Waals surface area contributed by atoms with E-state index in [1.807, 2.05) is 12.1 Å². The van der Waals surface area contributed by atoms with Gasteiger partial charge in [-0.05, 0) is 86.3 Å². The summed E-state index contributed by atoms with van der Waals surface area (Å²) in [6, 6.07) is 10.5. The van der Waals surface area contributed by atoms with E-state index >= 15 is 0 Å². The van der Waals surface area contributed by atoms with E-state index in [1.165, 1.54) is 29.2 Å². The highest BCUT2D eigenvalue weighted by molar-refractivity contribution is 6.03. The van der Waals surface area contributed by atoms with Crippen molar-refractivity contribution < 1.29 is 48.5 Å². The SMILES string of the molecule is C=CCOC12Oc3ccc(OCCN4CC4)cc3C3C(CCCCO)C(CCCCO)C=C(C(=NOC4CCCCO4)CC1N(C)C(=O)Oc1ccc([N+](=O)[O-])cc1)C32. The number of ether oxygens (including phenoxy) is 5. The summed E-state index contributed by atoms with van der Waals surface area (Å²) in [5.74, 6) is -0.560. The van der Waals surface area contributed by atoms with Crippen molar-refractivity contribution in [3.63, 3.8) is 0 Å². The number of carbonyl (C=O) groups is 1. The maximum atomic E-state index is 14.2. The first kappa shape index (κ1) is 42.6. The standard InChI is InChI=1S/C44H58N4O11/c1-3-24-56-44-39(46(2)43(51)57-32-15-13-31(14-16-32)48(52)53)29-37(45-59-40-12-6-9-25-55-40)35-27-30(10-4-7-22-49)34(11-5-8-23-50)41(42(35)44)36-28-33(17-18-38(36)58-44)54-26-21-47-19-20-47/h3,13-18,27-28,30,34,39-42,49-50H,1,4-12,19-26,29H2,2H3. The van der Waals surface area contributed by atoms with Crippen molar-refractivity contribution in [1.82, 2.24) is 9.80 Å². The van der Waals surface area contributed by atoms with Gasteiger partial charge >= 0.3 is 6.09 Å². The van der Waals surface area contributed by atoms with Crippen LogP contribution >= 0.6 is 0 Å². The highest BCUT2D eigenvalue weighted by Gasteiger charge is 2.65. The van der Waals surface area contributed by atoms with Crippen LogP contribution in [0.2, 0.25) is 0 Å². The molecular weight excluding hydrogens is 761 g/mol. The van der Waals surface area contributed by atoms with Crippen molar-refractivity contribution >= 4 is 17.5 Å². The molecule has 2 aromatic carbocycles. The van der Waals surface area contributed by atoms with Gasteiger partial charge in [-0.2, -0.15) is 0 Å². The second-order valence-electron chi connectivity index (χ2n) is 16.1. The highest BCUT2D eigenvalue weighted by atomic mass is 16.8. The molecular formula is C44H58N4O11. The van der Waals surface area contributed by atoms with Gasteiger partial charge in [-0.1, -0.05) is 30.1 Å². The Balaban J connectivity index is 1.36. The molecule has 1 saturated carbocycles. The molecule has 2 saturated heterocycles. The number of oxime groups is 1. The predicted octanol–water partition coefficient (Wildman–Crippen LogP) is 6.58. The fourth-order valence-corrected chi connectivity index (χ4v) is 9.26. The highest BCUT2D eigenvalue weighted by Crippen LogP contribution is 2.62. The number of nitro benzene ring substituents is 1. The molecule has 0 bridgehead atoms. The first-order chi connectivity index (χ1) is 28.8. The van der Waals surface area contributed by atoms with Crippen molar-refractivity contribution in [2.75, 3.05) is 59.7 Å². The third kappa shape index (κ3) is 9.76. The molecule has 1 amide bonds. The summed E-state index contributed by atoms with van der Waals surface area (Å²) in [5.41, 5.74) is 2.40. The number of nitrogens with zero attached hydrogens (tertiary/aromatic N) is 4. The maximum absolute atomic E-state index is 14.2. The number of likely N-dealkylation sites (N-methyl/N-ethyl adjacent to an activating group) is 1. The van der Waals surface area contributed by atoms with E-state index in [-0.39, 0.29) is 55.4 Å². The number of unbranched alkanes of at least 4 members (excludes halogenated alkanes) is 2. The Hall–Kier alpha value is -4.54. The van der Waals surface area contributed by atoms with Gasteiger partial charge in [0.15, 0.2) is 0 Å². The minimum absolute atomic E-state index is 0.0520. The molecule has 0 aromatic heterocycles. The van der Waals surface area contributed by atoms with Gasteiger partial charge < -0.3 is 43.6 Å². The molecule has 7 rings (SSSR count). The second-order valence-corrected chi connectivity index (χ2v) is 16.1. The van der Waals surface area contributed by atoms with Crippen molar-refractivity contribution in [3.05, 3.63) is 82.4 Å². The molecule has 7 unspecified atom stereocenters. The summed E-state index contributed by atoms with van der Waals surface area (Å²) in [5, 5.41) is 35.9. The molecule has 0 spiro atoms. The molecule has 3 fully saturated rings. The van der Waals surface area contributed by atoms with Crippen LogP contribution in [0.15, 0.2) is 71.9 Å². The van der Waals surface area contributed by atoms with E-state index in [9.17, 15) is 25.1 Å². The fraction of sp³-hybridized carbons (Fsp3) is 0.591. The Labute approximate surface area is 345 Å². The van der Waals surface area contributed by atoms with Crippen LogP contribution < -0.4 is 14.2 Å². The second kappa shape index (κ2) is 19.7. The van der Waals surface area contributed by atoms with Gasteiger partial charge in [0.2, 0.25) is 12.1 Å². The Kier molecular flexibility index (Phi) is 14.2. The van der Waals surface area contributed by atoms with Crippen LogP contribution in [0, 0.1) is 27.9 Å². The van der Waals surface area contributed by atoms with Gasteiger partial charge in [0.1, 0.15) is 29.9 Å². The zero-order chi connectivity index (χ0) is 41.4. The van der Waals surface area contributed by atoms with Gasteiger partial charge in [-0.3, -0.25) is 15.0 Å². The third-order valence-corrected chi connectivity index (χ3v) is 12.3. The summed E-state index contributed by atoms with van der Waals surface area (Å²) in [6.07, 6.45) is 10.1. The van der Waals surface area contributed by atoms with Crippen LogP contribution in [-0.2, 0) is 14.3 Å². The lowest BCUT2D eigenvalue weighted by Crippen LogP contribution is -2.69. The summed E-state index contributed by atoms with van der Waals surface area (Å²) >= 11 is 0. The first-order valence-corrected chi connectivity index (χ1v) is 21.2. The lowest BCUT2D eigenvalue weighted by molar-refractivity contribution is -0.384. The Bertz CT molecular complexity index is 1830. The maximum Gasteiger partial charge on any atom is 0.415 e. The Morgan fingerprint density at radius 2 is 1.85 bits per heavy atom. The molecule has 2 aliphatic carbocycles. The monoisotopic (exact) mass is 818 g/mol. The van der Waals surface area contributed by atoms with E-state index in [1.54, 1.807) is 13.1 Å². The smallest absolute Gasteiger partial charge is 0.415 e. The van der Waals surface area contributed by atoms with Gasteiger partial charge in [-0.25, -0.2) is 4.79 Å². The van der Waals surface area contributed by atoms with E-state index in [4.69, 9.17) is 33.7 Å². The molecule has 15 nitrogen and oxygen atoms in total. The molecule has 7 atom stereocenters. The molecule has 2 aromatic rings. The van der Waals surface area contributed by atoms with Gasteiger partial charge in [-0.15, -0.1) is 6.58 Å². The Morgan fingerprint density at radius 1 is 1.08 bits per heavy atom. The molecule has 2 N–H and O–H groups in total. The zero-order valence-corrected chi connectivity index (χ0v) is 34.0. The van der Waals surface area contributed by atoms with Crippen molar-refractivity contribution in [3.8, 4) is 17.2 Å². The molecule has 0 radical (unpaired) electrons. The van der Waals surface area contributed by atoms with Crippen molar-refractivity contribution in [1.29, 1.82) is 0 Å². The number of fused-ring (bicyclic) bond motifs is 2. The average Bonchev–Trinajstić information content (AvgIpc) is 4.08. The van der Waals surface area contributed by atoms with Crippen LogP contribution in [0.1, 0.15) is 75.7 Å². The van der Waals surface area contributed by atoms with E-state index < -0.39 is 35.1 Å². The summed E-state index contributed by atoms with van der Waals surface area (Å²) in [6.45, 7) is 8.41. The van der Waals surface area contributed by atoms with Crippen molar-refractivity contribution in [2.45, 2.75) is 88.2 Å². The first-order valence-electron chi connectivity index (χ1n) is 21.2. The predicted molar refractivity (Wildman–Crippen MR) is 218 cm³/mol. The topological polar surface area (TPSA) is 175 Å². The summed E-state index contributed by atoms with van der Waals surface area (Å²) in [4.78, 5) is 35.0. The number of carbonyl (C=O) groups excluding carboxylic acids is 1. The molecule has 59 heavy (non-hydrogen) atoms. The number of nitro groups is 1. The van der Waals surface area contributed by atoms with Crippen molar-refractivity contribution in [2.24, 2.45) is 22.9 Å². The molecule has 5 aliphatic rings. The number of hydrogen-bond donors (Lipinski definition) is 2. The minimum atomic E-state index is -1.46. The van der Waals surface area contributed by atoms with Crippen LogP contribution in [-0.4, -0.2) is 115 Å². The molecule has 320 valence electrons. The molecule has 3 aliphatic heterocycles. The lowest BCUT2D eigenvalue weighted by Gasteiger charge is -2.59. The van der Waals surface area contributed by atoms with Crippen LogP contribution in [0.5, 0.6) is 17.2 Å². The van der Waals surface area contributed by atoms with E-state index in [2.05, 4.69) is 23.6 Å². The van der Waals surface area contributed by atoms with Gasteiger partial charge in [0.05, 0.1) is 29.8 Å². The minimum Gasteiger partial charge on any atom is -0.492 e. The zero-order valence-electron chi connectivity index (χ0n) is 34.0. The van der Waals surface area contributed by atoms with Gasteiger partial charge in [0.25, 0.3) is 5.69 Å². The fourth-order valence-electron chi connectivity index (χ4n) is 9.26. The summed E-state index contributed by atoms with van der Waals surface area (Å²) in [7, 11) is 1.63. The number of rotatable bonds is 20. The van der Waals surface area contributed by atoms with E-state index in [0.717, 1.165) is 75.0 Å². The van der Waals surface area contributed by atoms with Crippen LogP contribution in [0.25, 0.3) is 0 Å². The lowest BCUT2D eigenvalue weighted by atomic mass is 9.55. The van der Waals surface area contributed by atoms with Crippen LogP contribution in [0.4, 0.5) is 10.5 Å². The summed E-state index contributed by atoms with van der Waals surface area (Å²) < 4.78 is 32.3. The number of aliphatic hydroxyl groups excluding tert-OH is 2. The van der Waals surface area contributed by atoms with E-state index in [0.29, 0.717) is 43.9 Å². The average molecular weight is 819 g/mol. The van der Waals surface area contributed by atoms with Gasteiger partial charge in [0, 0.05) is 76.4 Å². The molecule has 3 heterocycles.